The van der Waals surface area contributed by atoms with Crippen LogP contribution < -0.4 is 10.6 Å². The van der Waals surface area contributed by atoms with Gasteiger partial charge in [0.1, 0.15) is 0 Å². The summed E-state index contributed by atoms with van der Waals surface area (Å²) >= 11 is 0. The molecule has 0 amide bonds. The van der Waals surface area contributed by atoms with Crippen molar-refractivity contribution < 1.29 is 9.84 Å². The number of guanidine groups is 1. The Balaban J connectivity index is 0.00000338. The van der Waals surface area contributed by atoms with Crippen LogP contribution in [0.1, 0.15) is 50.7 Å². The average Bonchev–Trinajstić information content (AvgIpc) is 3.12. The summed E-state index contributed by atoms with van der Waals surface area (Å²) in [6, 6.07) is 3.66. The van der Waals surface area contributed by atoms with Crippen LogP contribution in [0.2, 0.25) is 0 Å². The molecule has 3 N–H and O–H groups in total. The smallest absolute Gasteiger partial charge is 0.191 e. The first kappa shape index (κ1) is 23.1. The second kappa shape index (κ2) is 12.5. The number of aromatic nitrogens is 1. The number of nitrogens with zero attached hydrogens (tertiary/aromatic N) is 2. The van der Waals surface area contributed by atoms with Crippen LogP contribution >= 0.6 is 24.0 Å². The van der Waals surface area contributed by atoms with Crippen molar-refractivity contribution in [3.05, 3.63) is 30.1 Å². The lowest BCUT2D eigenvalue weighted by Crippen LogP contribution is -2.40. The van der Waals surface area contributed by atoms with Gasteiger partial charge in [-0.15, -0.1) is 24.0 Å². The number of ether oxygens (including phenoxy) is 1. The van der Waals surface area contributed by atoms with Crippen molar-refractivity contribution in [1.82, 2.24) is 15.6 Å². The molecule has 1 aromatic rings. The van der Waals surface area contributed by atoms with Gasteiger partial charge < -0.3 is 20.5 Å². The van der Waals surface area contributed by atoms with Crippen LogP contribution in [-0.2, 0) is 4.74 Å². The number of pyridine rings is 1. The highest BCUT2D eigenvalue weighted by molar-refractivity contribution is 14.0. The molecule has 148 valence electrons. The third-order valence-electron chi connectivity index (χ3n) is 4.97. The molecule has 2 rings (SSSR count). The van der Waals surface area contributed by atoms with Crippen molar-refractivity contribution in [3.63, 3.8) is 0 Å². The highest BCUT2D eigenvalue weighted by atomic mass is 127. The topological polar surface area (TPSA) is 78.8 Å². The van der Waals surface area contributed by atoms with E-state index in [2.05, 4.69) is 15.6 Å². The molecule has 1 heterocycles. The Hall–Kier alpha value is -0.930. The van der Waals surface area contributed by atoms with Crippen LogP contribution in [-0.4, -0.2) is 49.4 Å². The van der Waals surface area contributed by atoms with Gasteiger partial charge in [0.15, 0.2) is 5.96 Å². The second-order valence-corrected chi connectivity index (χ2v) is 6.82. The Kier molecular flexibility index (Phi) is 11.1. The van der Waals surface area contributed by atoms with Crippen LogP contribution in [0.3, 0.4) is 0 Å². The number of nitrogens with one attached hydrogen (secondary N) is 2. The van der Waals surface area contributed by atoms with Crippen LogP contribution in [0.4, 0.5) is 0 Å². The quantitative estimate of drug-likeness (QED) is 0.290. The van der Waals surface area contributed by atoms with E-state index in [9.17, 15) is 5.11 Å². The van der Waals surface area contributed by atoms with Gasteiger partial charge in [-0.1, -0.05) is 12.8 Å². The molecule has 1 aliphatic rings. The summed E-state index contributed by atoms with van der Waals surface area (Å²) in [4.78, 5) is 8.78. The zero-order valence-corrected chi connectivity index (χ0v) is 18.2. The summed E-state index contributed by atoms with van der Waals surface area (Å²) in [6.07, 6.45) is 8.87. The standard InChI is InChI=1S/C19H32N4O2.HI/c1-3-21-18(22-14-17(24)16-6-11-20-12-7-16)23-15-19(10-13-25-2)8-4-5-9-19;/h6-7,11-12,17,24H,3-5,8-10,13-15H2,1-2H3,(H2,21,22,23);1H. The van der Waals surface area contributed by atoms with E-state index in [1.54, 1.807) is 19.5 Å². The Morgan fingerprint density at radius 2 is 2.00 bits per heavy atom. The number of aliphatic hydroxyl groups excluding tert-OH is 1. The van der Waals surface area contributed by atoms with Crippen LogP contribution in [0.5, 0.6) is 0 Å². The van der Waals surface area contributed by atoms with Crippen molar-refractivity contribution in [2.45, 2.75) is 45.1 Å². The summed E-state index contributed by atoms with van der Waals surface area (Å²) in [7, 11) is 1.76. The SMILES string of the molecule is CCNC(=NCC1(CCOC)CCCC1)NCC(O)c1ccncc1.I. The number of aliphatic hydroxyl groups is 1. The Labute approximate surface area is 174 Å². The molecule has 0 radical (unpaired) electrons. The molecular formula is C19H33IN4O2. The zero-order valence-electron chi connectivity index (χ0n) is 15.9. The average molecular weight is 476 g/mol. The van der Waals surface area contributed by atoms with Crippen LogP contribution in [0.15, 0.2) is 29.5 Å². The zero-order chi connectivity index (χ0) is 18.0. The Morgan fingerprint density at radius 1 is 1.31 bits per heavy atom. The summed E-state index contributed by atoms with van der Waals surface area (Å²) in [5, 5.41) is 16.8. The van der Waals surface area contributed by atoms with E-state index in [-0.39, 0.29) is 29.4 Å². The summed E-state index contributed by atoms with van der Waals surface area (Å²) in [5.74, 6) is 0.763. The molecule has 0 saturated heterocycles. The van der Waals surface area contributed by atoms with Gasteiger partial charge in [-0.2, -0.15) is 0 Å². The first-order valence-electron chi connectivity index (χ1n) is 9.28. The van der Waals surface area contributed by atoms with Gasteiger partial charge in [-0.25, -0.2) is 0 Å². The van der Waals surface area contributed by atoms with Crippen molar-refractivity contribution in [2.24, 2.45) is 10.4 Å². The molecule has 1 saturated carbocycles. The number of aliphatic imine (C=N–C) groups is 1. The maximum atomic E-state index is 10.3. The number of methoxy groups -OCH3 is 1. The van der Waals surface area contributed by atoms with Gasteiger partial charge >= 0.3 is 0 Å². The van der Waals surface area contributed by atoms with Crippen molar-refractivity contribution in [1.29, 1.82) is 0 Å². The van der Waals surface area contributed by atoms with E-state index in [0.29, 0.717) is 6.54 Å². The number of hydrogen-bond donors (Lipinski definition) is 3. The fourth-order valence-corrected chi connectivity index (χ4v) is 3.42. The monoisotopic (exact) mass is 476 g/mol. The lowest BCUT2D eigenvalue weighted by molar-refractivity contribution is 0.141. The highest BCUT2D eigenvalue weighted by Gasteiger charge is 2.33. The minimum Gasteiger partial charge on any atom is -0.387 e. The maximum absolute atomic E-state index is 10.3. The Morgan fingerprint density at radius 3 is 2.62 bits per heavy atom. The lowest BCUT2D eigenvalue weighted by Gasteiger charge is -2.27. The summed E-state index contributed by atoms with van der Waals surface area (Å²) in [5.41, 5.74) is 1.12. The molecular weight excluding hydrogens is 443 g/mol. The molecule has 1 fully saturated rings. The minimum atomic E-state index is -0.583. The lowest BCUT2D eigenvalue weighted by atomic mass is 9.83. The third-order valence-corrected chi connectivity index (χ3v) is 4.97. The van der Waals surface area contributed by atoms with Gasteiger partial charge in [0.2, 0.25) is 0 Å². The van der Waals surface area contributed by atoms with Crippen LogP contribution in [0, 0.1) is 5.41 Å². The van der Waals surface area contributed by atoms with Crippen LogP contribution in [0.25, 0.3) is 0 Å². The second-order valence-electron chi connectivity index (χ2n) is 6.82. The molecule has 0 spiro atoms. The molecule has 0 aromatic carbocycles. The molecule has 1 aliphatic carbocycles. The van der Waals surface area contributed by atoms with E-state index < -0.39 is 6.10 Å². The number of hydrogen-bond acceptors (Lipinski definition) is 4. The van der Waals surface area contributed by atoms with Crippen molar-refractivity contribution >= 4 is 29.9 Å². The summed E-state index contributed by atoms with van der Waals surface area (Å²) < 4.78 is 5.29. The normalized spacial score (nSPS) is 17.4. The molecule has 6 nitrogen and oxygen atoms in total. The van der Waals surface area contributed by atoms with E-state index >= 15 is 0 Å². The molecule has 0 aliphatic heterocycles. The molecule has 1 atom stereocenters. The van der Waals surface area contributed by atoms with Gasteiger partial charge in [0.25, 0.3) is 0 Å². The molecule has 1 aromatic heterocycles. The largest absolute Gasteiger partial charge is 0.387 e. The summed E-state index contributed by atoms with van der Waals surface area (Å²) in [6.45, 7) is 4.85. The number of halogens is 1. The first-order chi connectivity index (χ1) is 12.2. The fraction of sp³-hybridized carbons (Fsp3) is 0.684. The van der Waals surface area contributed by atoms with E-state index in [1.807, 2.05) is 19.1 Å². The van der Waals surface area contributed by atoms with Gasteiger partial charge in [0.05, 0.1) is 6.10 Å². The van der Waals surface area contributed by atoms with E-state index in [0.717, 1.165) is 37.6 Å². The van der Waals surface area contributed by atoms with Crippen molar-refractivity contribution in [3.8, 4) is 0 Å². The third kappa shape index (κ3) is 7.36. The molecule has 0 bridgehead atoms. The van der Waals surface area contributed by atoms with Gasteiger partial charge in [0, 0.05) is 45.7 Å². The number of rotatable bonds is 9. The molecule has 26 heavy (non-hydrogen) atoms. The maximum Gasteiger partial charge on any atom is 0.191 e. The molecule has 1 unspecified atom stereocenters. The highest BCUT2D eigenvalue weighted by Crippen LogP contribution is 2.41. The van der Waals surface area contributed by atoms with Gasteiger partial charge in [-0.3, -0.25) is 9.98 Å². The predicted molar refractivity (Wildman–Crippen MR) is 116 cm³/mol. The van der Waals surface area contributed by atoms with E-state index in [4.69, 9.17) is 9.73 Å². The van der Waals surface area contributed by atoms with Gasteiger partial charge in [-0.05, 0) is 49.3 Å². The minimum absolute atomic E-state index is 0. The Bertz CT molecular complexity index is 522. The predicted octanol–water partition coefficient (Wildman–Crippen LogP) is 2.89. The fourth-order valence-electron chi connectivity index (χ4n) is 3.42. The molecule has 7 heteroatoms. The first-order valence-corrected chi connectivity index (χ1v) is 9.28. The van der Waals surface area contributed by atoms with Crippen molar-refractivity contribution in [2.75, 3.05) is 33.4 Å². The van der Waals surface area contributed by atoms with E-state index in [1.165, 1.54) is 25.7 Å².